The van der Waals surface area contributed by atoms with E-state index >= 15 is 0 Å². The predicted octanol–water partition coefficient (Wildman–Crippen LogP) is 0.788. The minimum Gasteiger partial charge on any atom is -0.389 e. The van der Waals surface area contributed by atoms with E-state index in [2.05, 4.69) is 26.1 Å². The second-order valence-corrected chi connectivity index (χ2v) is 4.34. The zero-order valence-electron chi connectivity index (χ0n) is 10.4. The summed E-state index contributed by atoms with van der Waals surface area (Å²) in [7, 11) is 1.63. The van der Waals surface area contributed by atoms with Crippen LogP contribution in [0.25, 0.3) is 0 Å². The van der Waals surface area contributed by atoms with Gasteiger partial charge in [0, 0.05) is 19.2 Å². The SMILES string of the molecule is CCC(C)(C)NCC(O)COCCOC. The number of ether oxygens (including phenoxy) is 2. The van der Waals surface area contributed by atoms with Gasteiger partial charge in [-0.25, -0.2) is 0 Å². The van der Waals surface area contributed by atoms with Crippen molar-refractivity contribution in [1.82, 2.24) is 5.32 Å². The van der Waals surface area contributed by atoms with Gasteiger partial charge >= 0.3 is 0 Å². The van der Waals surface area contributed by atoms with E-state index in [1.165, 1.54) is 0 Å². The monoisotopic (exact) mass is 219 g/mol. The Labute approximate surface area is 93.0 Å². The van der Waals surface area contributed by atoms with Crippen molar-refractivity contribution >= 4 is 0 Å². The maximum atomic E-state index is 9.58. The Bertz CT molecular complexity index is 151. The predicted molar refractivity (Wildman–Crippen MR) is 61.1 cm³/mol. The lowest BCUT2D eigenvalue weighted by atomic mass is 10.0. The van der Waals surface area contributed by atoms with E-state index in [0.717, 1.165) is 6.42 Å². The smallest absolute Gasteiger partial charge is 0.0897 e. The molecule has 0 aromatic heterocycles. The molecule has 4 nitrogen and oxygen atoms in total. The van der Waals surface area contributed by atoms with Gasteiger partial charge < -0.3 is 19.9 Å². The van der Waals surface area contributed by atoms with Crippen molar-refractivity contribution in [2.75, 3.05) is 33.5 Å². The standard InChI is InChI=1S/C11H25NO3/c1-5-11(2,3)12-8-10(13)9-15-7-6-14-4/h10,12-13H,5-9H2,1-4H3. The first kappa shape index (κ1) is 14.8. The van der Waals surface area contributed by atoms with Gasteiger partial charge in [0.1, 0.15) is 0 Å². The van der Waals surface area contributed by atoms with Crippen LogP contribution >= 0.6 is 0 Å². The second kappa shape index (κ2) is 8.05. The molecule has 1 unspecified atom stereocenters. The average Bonchev–Trinajstić information content (AvgIpc) is 2.22. The molecule has 0 saturated carbocycles. The van der Waals surface area contributed by atoms with Crippen molar-refractivity contribution in [2.45, 2.75) is 38.8 Å². The normalized spacial score (nSPS) is 14.2. The minimum absolute atomic E-state index is 0.0769. The van der Waals surface area contributed by atoms with Crippen LogP contribution in [0.1, 0.15) is 27.2 Å². The first-order valence-electron chi connectivity index (χ1n) is 5.51. The van der Waals surface area contributed by atoms with Crippen LogP contribution in [-0.2, 0) is 9.47 Å². The van der Waals surface area contributed by atoms with E-state index in [0.29, 0.717) is 26.4 Å². The van der Waals surface area contributed by atoms with Crippen LogP contribution in [0.4, 0.5) is 0 Å². The lowest BCUT2D eigenvalue weighted by molar-refractivity contribution is 0.0115. The summed E-state index contributed by atoms with van der Waals surface area (Å²) in [6, 6.07) is 0. The van der Waals surface area contributed by atoms with E-state index < -0.39 is 6.10 Å². The van der Waals surface area contributed by atoms with Crippen LogP contribution in [0.3, 0.4) is 0 Å². The van der Waals surface area contributed by atoms with Crippen LogP contribution in [0.2, 0.25) is 0 Å². The van der Waals surface area contributed by atoms with Gasteiger partial charge in [-0.15, -0.1) is 0 Å². The summed E-state index contributed by atoms with van der Waals surface area (Å²) < 4.78 is 10.1. The Morgan fingerprint density at radius 2 is 2.00 bits per heavy atom. The van der Waals surface area contributed by atoms with Crippen LogP contribution in [0.5, 0.6) is 0 Å². The summed E-state index contributed by atoms with van der Waals surface area (Å²) in [4.78, 5) is 0. The maximum Gasteiger partial charge on any atom is 0.0897 e. The summed E-state index contributed by atoms with van der Waals surface area (Å²) in [5.41, 5.74) is 0.0769. The fourth-order valence-corrected chi connectivity index (χ4v) is 0.940. The van der Waals surface area contributed by atoms with E-state index in [4.69, 9.17) is 9.47 Å². The van der Waals surface area contributed by atoms with E-state index in [-0.39, 0.29) is 5.54 Å². The summed E-state index contributed by atoms with van der Waals surface area (Å²) in [5.74, 6) is 0. The Hall–Kier alpha value is -0.160. The van der Waals surface area contributed by atoms with Gasteiger partial charge in [-0.1, -0.05) is 6.92 Å². The second-order valence-electron chi connectivity index (χ2n) is 4.34. The van der Waals surface area contributed by atoms with Crippen molar-refractivity contribution in [2.24, 2.45) is 0 Å². The third-order valence-corrected chi connectivity index (χ3v) is 2.44. The molecule has 0 aliphatic carbocycles. The molecule has 0 bridgehead atoms. The van der Waals surface area contributed by atoms with Crippen LogP contribution in [-0.4, -0.2) is 50.2 Å². The number of methoxy groups -OCH3 is 1. The molecule has 0 rings (SSSR count). The van der Waals surface area contributed by atoms with Crippen molar-refractivity contribution in [1.29, 1.82) is 0 Å². The maximum absolute atomic E-state index is 9.58. The lowest BCUT2D eigenvalue weighted by Crippen LogP contribution is -2.44. The van der Waals surface area contributed by atoms with Gasteiger partial charge in [-0.2, -0.15) is 0 Å². The molecule has 1 atom stereocenters. The Morgan fingerprint density at radius 3 is 2.53 bits per heavy atom. The van der Waals surface area contributed by atoms with Gasteiger partial charge in [-0.05, 0) is 20.3 Å². The number of hydrogen-bond donors (Lipinski definition) is 2. The van der Waals surface area contributed by atoms with Gasteiger partial charge in [0.15, 0.2) is 0 Å². The third-order valence-electron chi connectivity index (χ3n) is 2.44. The van der Waals surface area contributed by atoms with Crippen molar-refractivity contribution in [3.8, 4) is 0 Å². The minimum atomic E-state index is -0.451. The highest BCUT2D eigenvalue weighted by atomic mass is 16.5. The number of rotatable bonds is 9. The zero-order valence-corrected chi connectivity index (χ0v) is 10.4. The molecule has 0 fully saturated rings. The Kier molecular flexibility index (Phi) is 7.96. The lowest BCUT2D eigenvalue weighted by Gasteiger charge is -2.26. The van der Waals surface area contributed by atoms with Crippen LogP contribution in [0, 0.1) is 0 Å². The molecule has 0 amide bonds. The molecule has 0 spiro atoms. The van der Waals surface area contributed by atoms with Crippen LogP contribution < -0.4 is 5.32 Å². The largest absolute Gasteiger partial charge is 0.389 e. The molecule has 0 saturated heterocycles. The topological polar surface area (TPSA) is 50.7 Å². The molecule has 15 heavy (non-hydrogen) atoms. The summed E-state index contributed by atoms with van der Waals surface area (Å²) >= 11 is 0. The van der Waals surface area contributed by atoms with Crippen molar-refractivity contribution in [3.63, 3.8) is 0 Å². The molecule has 2 N–H and O–H groups in total. The molecular weight excluding hydrogens is 194 g/mol. The van der Waals surface area contributed by atoms with Gasteiger partial charge in [0.05, 0.1) is 25.9 Å². The number of hydrogen-bond acceptors (Lipinski definition) is 4. The average molecular weight is 219 g/mol. The molecule has 0 heterocycles. The highest BCUT2D eigenvalue weighted by Crippen LogP contribution is 2.06. The zero-order chi connectivity index (χ0) is 11.7. The number of nitrogens with one attached hydrogen (secondary N) is 1. The van der Waals surface area contributed by atoms with E-state index in [1.54, 1.807) is 7.11 Å². The Morgan fingerprint density at radius 1 is 1.33 bits per heavy atom. The van der Waals surface area contributed by atoms with E-state index in [1.807, 2.05) is 0 Å². The molecule has 0 aliphatic rings. The molecule has 0 aromatic carbocycles. The highest BCUT2D eigenvalue weighted by molar-refractivity contribution is 4.76. The van der Waals surface area contributed by atoms with Gasteiger partial charge in [0.25, 0.3) is 0 Å². The van der Waals surface area contributed by atoms with Crippen LogP contribution in [0.15, 0.2) is 0 Å². The first-order valence-corrected chi connectivity index (χ1v) is 5.51. The van der Waals surface area contributed by atoms with Gasteiger partial charge in [0.2, 0.25) is 0 Å². The number of β-amino-alcohol motifs (C(OH)–C–C–N with tert-alkyl or cyclic N) is 1. The Balaban J connectivity index is 3.44. The molecular formula is C11H25NO3. The van der Waals surface area contributed by atoms with Crippen molar-refractivity contribution < 1.29 is 14.6 Å². The van der Waals surface area contributed by atoms with Gasteiger partial charge in [-0.3, -0.25) is 0 Å². The number of aliphatic hydroxyl groups excluding tert-OH is 1. The quantitative estimate of drug-likeness (QED) is 0.563. The number of aliphatic hydroxyl groups is 1. The molecule has 0 radical (unpaired) electrons. The summed E-state index contributed by atoms with van der Waals surface area (Å²) in [6.07, 6.45) is 0.581. The molecule has 92 valence electrons. The summed E-state index contributed by atoms with van der Waals surface area (Å²) in [5, 5.41) is 12.9. The van der Waals surface area contributed by atoms with Crippen molar-refractivity contribution in [3.05, 3.63) is 0 Å². The highest BCUT2D eigenvalue weighted by Gasteiger charge is 2.15. The fourth-order valence-electron chi connectivity index (χ4n) is 0.940. The first-order chi connectivity index (χ1) is 7.02. The molecule has 0 aliphatic heterocycles. The third kappa shape index (κ3) is 8.81. The van der Waals surface area contributed by atoms with E-state index in [9.17, 15) is 5.11 Å². The molecule has 4 heteroatoms. The summed E-state index contributed by atoms with van der Waals surface area (Å²) in [6.45, 7) is 8.38. The molecule has 0 aromatic rings. The fraction of sp³-hybridized carbons (Fsp3) is 1.00.